The lowest BCUT2D eigenvalue weighted by molar-refractivity contribution is 0.773. The van der Waals surface area contributed by atoms with Gasteiger partial charge in [0.15, 0.2) is 0 Å². The van der Waals surface area contributed by atoms with Crippen molar-refractivity contribution in [3.8, 4) is 0 Å². The molecule has 0 bridgehead atoms. The molecule has 1 nitrogen and oxygen atoms in total. The van der Waals surface area contributed by atoms with Gasteiger partial charge in [-0.05, 0) is 19.3 Å². The summed E-state index contributed by atoms with van der Waals surface area (Å²) in [6.07, 6.45) is 0. The summed E-state index contributed by atoms with van der Waals surface area (Å²) in [5, 5.41) is 1.78. The molecule has 0 unspecified atom stereocenters. The minimum Gasteiger partial charge on any atom is -0.258 e. The summed E-state index contributed by atoms with van der Waals surface area (Å²) in [4.78, 5) is 0. The summed E-state index contributed by atoms with van der Waals surface area (Å²) in [6.45, 7) is 7.72. The van der Waals surface area contributed by atoms with E-state index < -0.39 is 0 Å². The SMILES string of the molecule is C=CSNC(C)C. The van der Waals surface area contributed by atoms with E-state index in [1.54, 1.807) is 5.41 Å². The molecule has 0 saturated carbocycles. The first-order valence-corrected chi connectivity index (χ1v) is 3.17. The molecule has 0 heterocycles. The molecule has 0 saturated heterocycles. The van der Waals surface area contributed by atoms with Crippen molar-refractivity contribution in [2.75, 3.05) is 0 Å². The average Bonchev–Trinajstić information content (AvgIpc) is 1.61. The Hall–Kier alpha value is 0.0500. The van der Waals surface area contributed by atoms with Gasteiger partial charge in [0, 0.05) is 6.04 Å². The summed E-state index contributed by atoms with van der Waals surface area (Å²) in [6, 6.07) is 0.544. The van der Waals surface area contributed by atoms with E-state index in [1.807, 2.05) is 0 Å². The van der Waals surface area contributed by atoms with Crippen LogP contribution in [-0.2, 0) is 0 Å². The zero-order chi connectivity index (χ0) is 5.70. The fourth-order valence-corrected chi connectivity index (χ4v) is 0.553. The zero-order valence-electron chi connectivity index (χ0n) is 4.77. The molecule has 0 amide bonds. The maximum atomic E-state index is 3.53. The molecule has 0 spiro atoms. The minimum absolute atomic E-state index is 0.544. The van der Waals surface area contributed by atoms with Crippen molar-refractivity contribution in [2.24, 2.45) is 0 Å². The Morgan fingerprint density at radius 3 is 2.43 bits per heavy atom. The molecular formula is C5H11NS. The summed E-state index contributed by atoms with van der Waals surface area (Å²) in [5.74, 6) is 0. The van der Waals surface area contributed by atoms with Gasteiger partial charge < -0.3 is 0 Å². The monoisotopic (exact) mass is 117 g/mol. The second kappa shape index (κ2) is 4.22. The van der Waals surface area contributed by atoms with Crippen LogP contribution in [0.5, 0.6) is 0 Å². The largest absolute Gasteiger partial charge is 0.258 e. The molecule has 2 heteroatoms. The lowest BCUT2D eigenvalue weighted by Gasteiger charge is -2.00. The van der Waals surface area contributed by atoms with Crippen LogP contribution in [0.2, 0.25) is 0 Å². The maximum Gasteiger partial charge on any atom is 0.0118 e. The van der Waals surface area contributed by atoms with Crippen LogP contribution in [0.3, 0.4) is 0 Å². The number of hydrogen-bond acceptors (Lipinski definition) is 2. The Labute approximate surface area is 49.3 Å². The van der Waals surface area contributed by atoms with Gasteiger partial charge in [-0.25, -0.2) is 0 Å². The van der Waals surface area contributed by atoms with Gasteiger partial charge in [-0.1, -0.05) is 18.5 Å². The summed E-state index contributed by atoms with van der Waals surface area (Å²) in [5.41, 5.74) is 0. The lowest BCUT2D eigenvalue weighted by Crippen LogP contribution is -2.12. The number of hydrogen-bond donors (Lipinski definition) is 1. The van der Waals surface area contributed by atoms with Crippen LogP contribution in [0.25, 0.3) is 0 Å². The van der Waals surface area contributed by atoms with E-state index in [4.69, 9.17) is 0 Å². The predicted octanol–water partition coefficient (Wildman–Crippen LogP) is 1.78. The maximum absolute atomic E-state index is 3.53. The number of rotatable bonds is 3. The molecule has 0 aromatic carbocycles. The highest BCUT2D eigenvalue weighted by atomic mass is 32.2. The molecule has 0 aliphatic heterocycles. The lowest BCUT2D eigenvalue weighted by atomic mass is 10.4. The second-order valence-electron chi connectivity index (χ2n) is 1.56. The predicted molar refractivity (Wildman–Crippen MR) is 36.1 cm³/mol. The molecule has 0 atom stereocenters. The Kier molecular flexibility index (Phi) is 4.25. The highest BCUT2D eigenvalue weighted by Gasteiger charge is 1.84. The molecule has 0 rings (SSSR count). The van der Waals surface area contributed by atoms with Crippen molar-refractivity contribution in [2.45, 2.75) is 19.9 Å². The first-order chi connectivity index (χ1) is 3.27. The molecule has 0 fully saturated rings. The Morgan fingerprint density at radius 2 is 2.29 bits per heavy atom. The van der Waals surface area contributed by atoms with Gasteiger partial charge in [-0.2, -0.15) is 0 Å². The fraction of sp³-hybridized carbons (Fsp3) is 0.600. The first-order valence-electron chi connectivity index (χ1n) is 2.29. The summed E-state index contributed by atoms with van der Waals surface area (Å²) < 4.78 is 3.09. The third kappa shape index (κ3) is 6.05. The van der Waals surface area contributed by atoms with Crippen molar-refractivity contribution in [1.29, 1.82) is 0 Å². The Morgan fingerprint density at radius 1 is 1.71 bits per heavy atom. The Bertz CT molecular complexity index is 52.0. The van der Waals surface area contributed by atoms with Gasteiger partial charge in [0.05, 0.1) is 0 Å². The van der Waals surface area contributed by atoms with Crippen LogP contribution in [0, 0.1) is 0 Å². The summed E-state index contributed by atoms with van der Waals surface area (Å²) in [7, 11) is 0. The molecule has 0 radical (unpaired) electrons. The van der Waals surface area contributed by atoms with Crippen LogP contribution in [-0.4, -0.2) is 6.04 Å². The fourth-order valence-electron chi connectivity index (χ4n) is 0.184. The van der Waals surface area contributed by atoms with Gasteiger partial charge >= 0.3 is 0 Å². The van der Waals surface area contributed by atoms with Crippen LogP contribution >= 0.6 is 11.9 Å². The highest BCUT2D eigenvalue weighted by Crippen LogP contribution is 1.93. The normalized spacial score (nSPS) is 9.57. The van der Waals surface area contributed by atoms with Crippen LogP contribution in [0.1, 0.15) is 13.8 Å². The van der Waals surface area contributed by atoms with Crippen molar-refractivity contribution in [3.05, 3.63) is 12.0 Å². The standard InChI is InChI=1S/C5H11NS/c1-4-7-6-5(2)3/h4-6H,1H2,2-3H3. The smallest absolute Gasteiger partial charge is 0.0118 e. The number of nitrogens with one attached hydrogen (secondary N) is 1. The molecule has 1 N–H and O–H groups in total. The van der Waals surface area contributed by atoms with Crippen molar-refractivity contribution in [1.82, 2.24) is 4.72 Å². The molecule has 0 aromatic heterocycles. The first kappa shape index (κ1) is 7.05. The van der Waals surface area contributed by atoms with E-state index in [0.717, 1.165) is 0 Å². The third-order valence-corrected chi connectivity index (χ3v) is 1.16. The molecule has 0 aliphatic rings. The van der Waals surface area contributed by atoms with Crippen LogP contribution < -0.4 is 4.72 Å². The van der Waals surface area contributed by atoms with E-state index >= 15 is 0 Å². The minimum atomic E-state index is 0.544. The molecule has 7 heavy (non-hydrogen) atoms. The molecule has 0 aromatic rings. The van der Waals surface area contributed by atoms with Crippen LogP contribution in [0.15, 0.2) is 12.0 Å². The van der Waals surface area contributed by atoms with Gasteiger partial charge in [-0.15, -0.1) is 0 Å². The van der Waals surface area contributed by atoms with Crippen LogP contribution in [0.4, 0.5) is 0 Å². The van der Waals surface area contributed by atoms with E-state index in [-0.39, 0.29) is 0 Å². The van der Waals surface area contributed by atoms with E-state index in [2.05, 4.69) is 25.1 Å². The van der Waals surface area contributed by atoms with Gasteiger partial charge in [0.25, 0.3) is 0 Å². The molecule has 0 aliphatic carbocycles. The topological polar surface area (TPSA) is 12.0 Å². The van der Waals surface area contributed by atoms with Gasteiger partial charge in [-0.3, -0.25) is 4.72 Å². The highest BCUT2D eigenvalue weighted by molar-refractivity contribution is 8.00. The summed E-state index contributed by atoms with van der Waals surface area (Å²) >= 11 is 1.53. The second-order valence-corrected chi connectivity index (χ2v) is 2.36. The van der Waals surface area contributed by atoms with Crippen molar-refractivity contribution in [3.63, 3.8) is 0 Å². The van der Waals surface area contributed by atoms with E-state index in [9.17, 15) is 0 Å². The van der Waals surface area contributed by atoms with Crippen molar-refractivity contribution >= 4 is 11.9 Å². The van der Waals surface area contributed by atoms with Gasteiger partial charge in [0.2, 0.25) is 0 Å². The third-order valence-electron chi connectivity index (χ3n) is 0.387. The van der Waals surface area contributed by atoms with Gasteiger partial charge in [0.1, 0.15) is 0 Å². The van der Waals surface area contributed by atoms with Crippen molar-refractivity contribution < 1.29 is 0 Å². The quantitative estimate of drug-likeness (QED) is 0.565. The zero-order valence-corrected chi connectivity index (χ0v) is 5.59. The van der Waals surface area contributed by atoms with E-state index in [1.165, 1.54) is 11.9 Å². The average molecular weight is 117 g/mol. The molecular weight excluding hydrogens is 106 g/mol. The molecule has 42 valence electrons. The Balaban J connectivity index is 2.81. The van der Waals surface area contributed by atoms with E-state index in [0.29, 0.717) is 6.04 Å².